The number of ether oxygens (including phenoxy) is 1. The van der Waals surface area contributed by atoms with Crippen LogP contribution < -0.4 is 10.2 Å². The lowest BCUT2D eigenvalue weighted by Gasteiger charge is -2.18. The third-order valence-electron chi connectivity index (χ3n) is 2.21. The van der Waals surface area contributed by atoms with Crippen LogP contribution in [0, 0.1) is 0 Å². The second-order valence-corrected chi connectivity index (χ2v) is 3.05. The van der Waals surface area contributed by atoms with Crippen LogP contribution in [0.1, 0.15) is 5.56 Å². The Hall–Kier alpha value is -1.33. The number of fused-ring (bicyclic) bond motifs is 1. The van der Waals surface area contributed by atoms with Gasteiger partial charge in [0.15, 0.2) is 0 Å². The van der Waals surface area contributed by atoms with Gasteiger partial charge in [-0.1, -0.05) is 6.07 Å². The molecule has 5 heteroatoms. The molecule has 0 unspecified atom stereocenters. The molecule has 14 heavy (non-hydrogen) atoms. The normalized spacial score (nSPS) is 14.8. The molecule has 2 rings (SSSR count). The zero-order chi connectivity index (χ0) is 9.97. The Morgan fingerprint density at radius 3 is 3.21 bits per heavy atom. The minimum absolute atomic E-state index is 0.359. The van der Waals surface area contributed by atoms with Crippen LogP contribution in [-0.2, 0) is 15.9 Å². The van der Waals surface area contributed by atoms with E-state index in [-0.39, 0.29) is 0 Å². The Morgan fingerprint density at radius 1 is 1.57 bits per heavy atom. The minimum atomic E-state index is -0.908. The summed E-state index contributed by atoms with van der Waals surface area (Å²) in [5.41, 5.74) is 1.71. The predicted octanol–water partition coefficient (Wildman–Crippen LogP) is -0.518. The number of benzene rings is 1. The zero-order valence-electron chi connectivity index (χ0n) is 7.47. The van der Waals surface area contributed by atoms with Crippen molar-refractivity contribution in [2.75, 3.05) is 6.61 Å². The topological polar surface area (TPSA) is 55.8 Å². The number of rotatable bonds is 2. The molecule has 0 saturated carbocycles. The quantitative estimate of drug-likeness (QED) is 0.506. The van der Waals surface area contributed by atoms with Crippen LogP contribution in [0.25, 0.3) is 0 Å². The van der Waals surface area contributed by atoms with E-state index in [1.165, 1.54) is 0 Å². The van der Waals surface area contributed by atoms with Crippen LogP contribution in [0.5, 0.6) is 5.75 Å². The maximum atomic E-state index is 10.1. The van der Waals surface area contributed by atoms with Gasteiger partial charge in [0.25, 0.3) is 6.47 Å². The third-order valence-corrected chi connectivity index (χ3v) is 2.21. The largest absolute Gasteiger partial charge is 0.491 e. The zero-order valence-corrected chi connectivity index (χ0v) is 7.47. The summed E-state index contributed by atoms with van der Waals surface area (Å²) in [6, 6.07) is 5.15. The molecular formula is C9H9BO4. The molecule has 0 saturated heterocycles. The molecule has 1 aliphatic rings. The van der Waals surface area contributed by atoms with E-state index in [1.807, 2.05) is 6.07 Å². The first-order valence-electron chi connectivity index (χ1n) is 4.34. The third kappa shape index (κ3) is 1.64. The molecule has 4 nitrogen and oxygen atoms in total. The summed E-state index contributed by atoms with van der Waals surface area (Å²) in [6.07, 6.45) is 0.772. The van der Waals surface area contributed by atoms with Crippen molar-refractivity contribution in [1.82, 2.24) is 0 Å². The molecule has 72 valence electrons. The number of carbonyl (C=O) groups is 1. The molecule has 0 bridgehead atoms. The summed E-state index contributed by atoms with van der Waals surface area (Å²) >= 11 is 0. The molecular weight excluding hydrogens is 183 g/mol. The lowest BCUT2D eigenvalue weighted by Crippen LogP contribution is -2.41. The summed E-state index contributed by atoms with van der Waals surface area (Å²) in [4.78, 5) is 10.1. The summed E-state index contributed by atoms with van der Waals surface area (Å²) in [5.74, 6) is 0.420. The van der Waals surface area contributed by atoms with E-state index >= 15 is 0 Å². The molecule has 1 aromatic rings. The number of hydrogen-bond donors (Lipinski definition) is 1. The fourth-order valence-electron chi connectivity index (χ4n) is 1.53. The lowest BCUT2D eigenvalue weighted by molar-refractivity contribution is -0.120. The highest BCUT2D eigenvalue weighted by Crippen LogP contribution is 2.13. The van der Waals surface area contributed by atoms with Crippen LogP contribution in [-0.4, -0.2) is 25.2 Å². The van der Waals surface area contributed by atoms with Gasteiger partial charge in [-0.15, -0.1) is 0 Å². The molecule has 1 aromatic carbocycles. The molecule has 0 aromatic heterocycles. The van der Waals surface area contributed by atoms with E-state index < -0.39 is 7.12 Å². The maximum absolute atomic E-state index is 10.1. The van der Waals surface area contributed by atoms with Crippen molar-refractivity contribution < 1.29 is 19.2 Å². The van der Waals surface area contributed by atoms with Crippen molar-refractivity contribution in [3.05, 3.63) is 23.8 Å². The fourth-order valence-corrected chi connectivity index (χ4v) is 1.53. The molecule has 0 atom stereocenters. The van der Waals surface area contributed by atoms with E-state index in [1.54, 1.807) is 12.1 Å². The highest BCUT2D eigenvalue weighted by molar-refractivity contribution is 6.60. The fraction of sp³-hybridized carbons (Fsp3) is 0.222. The van der Waals surface area contributed by atoms with Gasteiger partial charge in [0.2, 0.25) is 0 Å². The van der Waals surface area contributed by atoms with E-state index in [4.69, 9.17) is 4.65 Å². The maximum Gasteiger partial charge on any atom is 0.491 e. The Labute approximate surface area is 81.6 Å². The summed E-state index contributed by atoms with van der Waals surface area (Å²) in [6.45, 7) is 0.875. The van der Waals surface area contributed by atoms with E-state index in [2.05, 4.69) is 4.74 Å². The van der Waals surface area contributed by atoms with Gasteiger partial charge >= 0.3 is 7.12 Å². The Balaban J connectivity index is 2.35. The summed E-state index contributed by atoms with van der Waals surface area (Å²) < 4.78 is 9.72. The van der Waals surface area contributed by atoms with Gasteiger partial charge < -0.3 is 14.4 Å². The number of hydrogen-bond acceptors (Lipinski definition) is 4. The van der Waals surface area contributed by atoms with Gasteiger partial charge in [-0.25, -0.2) is 0 Å². The van der Waals surface area contributed by atoms with Gasteiger partial charge in [-0.3, -0.25) is 4.79 Å². The molecule has 0 amide bonds. The molecule has 1 aliphatic heterocycles. The molecule has 0 spiro atoms. The van der Waals surface area contributed by atoms with E-state index in [0.717, 1.165) is 12.0 Å². The van der Waals surface area contributed by atoms with Crippen LogP contribution in [0.2, 0.25) is 0 Å². The van der Waals surface area contributed by atoms with Crippen molar-refractivity contribution in [2.24, 2.45) is 0 Å². The molecule has 1 N–H and O–H groups in total. The van der Waals surface area contributed by atoms with Crippen LogP contribution in [0.15, 0.2) is 18.2 Å². The SMILES string of the molecule is O=COc1ccc2c(c1)B(O)OCC2. The van der Waals surface area contributed by atoms with Gasteiger partial charge in [0, 0.05) is 6.61 Å². The van der Waals surface area contributed by atoms with Gasteiger partial charge in [-0.05, 0) is 29.6 Å². The Kier molecular flexibility index (Phi) is 2.52. The van der Waals surface area contributed by atoms with Crippen LogP contribution in [0.3, 0.4) is 0 Å². The highest BCUT2D eigenvalue weighted by Gasteiger charge is 2.24. The highest BCUT2D eigenvalue weighted by atomic mass is 16.5. The first-order chi connectivity index (χ1) is 6.81. The van der Waals surface area contributed by atoms with Gasteiger partial charge in [0.05, 0.1) is 0 Å². The minimum Gasteiger partial charge on any atom is -0.429 e. The first kappa shape index (κ1) is 9.24. The number of carbonyl (C=O) groups excluding carboxylic acids is 1. The van der Waals surface area contributed by atoms with Crippen LogP contribution in [0.4, 0.5) is 0 Å². The summed E-state index contributed by atoms with van der Waals surface area (Å²) in [5, 5.41) is 9.49. The van der Waals surface area contributed by atoms with Crippen molar-refractivity contribution >= 4 is 19.1 Å². The molecule has 0 aliphatic carbocycles. The lowest BCUT2D eigenvalue weighted by atomic mass is 9.73. The van der Waals surface area contributed by atoms with E-state index in [0.29, 0.717) is 24.3 Å². The van der Waals surface area contributed by atoms with Crippen molar-refractivity contribution in [3.8, 4) is 5.75 Å². The van der Waals surface area contributed by atoms with Crippen molar-refractivity contribution in [3.63, 3.8) is 0 Å². The smallest absolute Gasteiger partial charge is 0.429 e. The van der Waals surface area contributed by atoms with Crippen LogP contribution >= 0.6 is 0 Å². The molecule has 0 radical (unpaired) electrons. The first-order valence-corrected chi connectivity index (χ1v) is 4.34. The average molecular weight is 192 g/mol. The second kappa shape index (κ2) is 3.81. The molecule has 1 heterocycles. The Morgan fingerprint density at radius 2 is 2.43 bits per heavy atom. The standard InChI is InChI=1S/C9H9BO4/c11-6-13-8-2-1-7-3-4-14-10(12)9(7)5-8/h1-2,5-6,12H,3-4H2. The average Bonchev–Trinajstić information content (AvgIpc) is 2.20. The second-order valence-electron chi connectivity index (χ2n) is 3.05. The van der Waals surface area contributed by atoms with Gasteiger partial charge in [0.1, 0.15) is 5.75 Å². The molecule has 0 fully saturated rings. The van der Waals surface area contributed by atoms with E-state index in [9.17, 15) is 9.82 Å². The summed E-state index contributed by atoms with van der Waals surface area (Å²) in [7, 11) is -0.908. The van der Waals surface area contributed by atoms with Gasteiger partial charge in [-0.2, -0.15) is 0 Å². The monoisotopic (exact) mass is 192 g/mol. The van der Waals surface area contributed by atoms with Crippen molar-refractivity contribution in [2.45, 2.75) is 6.42 Å². The predicted molar refractivity (Wildman–Crippen MR) is 50.4 cm³/mol. The van der Waals surface area contributed by atoms with Crippen molar-refractivity contribution in [1.29, 1.82) is 0 Å². The Bertz CT molecular complexity index is 353.